The highest BCUT2D eigenvalue weighted by atomic mass is 35.5. The monoisotopic (exact) mass is 271 g/mol. The number of hydrogen-bond donors (Lipinski definition) is 0. The Morgan fingerprint density at radius 1 is 1.06 bits per heavy atom. The normalized spacial score (nSPS) is 11.4. The number of sulfone groups is 1. The van der Waals surface area contributed by atoms with Gasteiger partial charge in [-0.05, 0) is 30.3 Å². The van der Waals surface area contributed by atoms with Crippen molar-refractivity contribution >= 4 is 21.4 Å². The SMILES string of the molecule is O=S(=O)(c1ccc(F)cc1)c1cncc(Cl)c1. The van der Waals surface area contributed by atoms with E-state index >= 15 is 0 Å². The number of pyridine rings is 1. The largest absolute Gasteiger partial charge is 0.262 e. The third-order valence-electron chi connectivity index (χ3n) is 2.11. The van der Waals surface area contributed by atoms with Crippen molar-refractivity contribution in [1.29, 1.82) is 0 Å². The van der Waals surface area contributed by atoms with E-state index in [4.69, 9.17) is 11.6 Å². The highest BCUT2D eigenvalue weighted by Crippen LogP contribution is 2.22. The van der Waals surface area contributed by atoms with Gasteiger partial charge in [0.1, 0.15) is 5.82 Å². The lowest BCUT2D eigenvalue weighted by atomic mass is 10.4. The van der Waals surface area contributed by atoms with Gasteiger partial charge < -0.3 is 0 Å². The number of rotatable bonds is 2. The molecule has 0 radical (unpaired) electrons. The zero-order chi connectivity index (χ0) is 12.5. The van der Waals surface area contributed by atoms with Crippen molar-refractivity contribution in [2.45, 2.75) is 9.79 Å². The van der Waals surface area contributed by atoms with Crippen molar-refractivity contribution in [1.82, 2.24) is 4.98 Å². The molecule has 0 atom stereocenters. The molecule has 0 unspecified atom stereocenters. The molecule has 0 N–H and O–H groups in total. The number of aromatic nitrogens is 1. The quantitative estimate of drug-likeness (QED) is 0.789. The first-order valence-electron chi connectivity index (χ1n) is 4.61. The molecule has 3 nitrogen and oxygen atoms in total. The first-order chi connectivity index (χ1) is 8.00. The van der Waals surface area contributed by atoms with Crippen LogP contribution in [0.1, 0.15) is 0 Å². The minimum atomic E-state index is -3.69. The third kappa shape index (κ3) is 2.45. The molecule has 0 aliphatic heterocycles. The van der Waals surface area contributed by atoms with Gasteiger partial charge in [0, 0.05) is 12.4 Å². The molecule has 0 amide bonds. The van der Waals surface area contributed by atoms with Gasteiger partial charge in [0.25, 0.3) is 0 Å². The molecular formula is C11H7ClFNO2S. The van der Waals surface area contributed by atoms with Gasteiger partial charge in [-0.1, -0.05) is 11.6 Å². The highest BCUT2D eigenvalue weighted by molar-refractivity contribution is 7.91. The lowest BCUT2D eigenvalue weighted by Crippen LogP contribution is -2.02. The van der Waals surface area contributed by atoms with Gasteiger partial charge in [0.15, 0.2) is 0 Å². The molecule has 1 aromatic heterocycles. The minimum absolute atomic E-state index is 0.00275. The molecule has 0 aliphatic carbocycles. The van der Waals surface area contributed by atoms with Crippen LogP contribution in [0.15, 0.2) is 52.5 Å². The fourth-order valence-corrected chi connectivity index (χ4v) is 2.78. The summed E-state index contributed by atoms with van der Waals surface area (Å²) in [6.45, 7) is 0. The van der Waals surface area contributed by atoms with Crippen LogP contribution in [-0.4, -0.2) is 13.4 Å². The summed E-state index contributed by atoms with van der Waals surface area (Å²) in [7, 11) is -3.69. The van der Waals surface area contributed by atoms with Gasteiger partial charge in [0.2, 0.25) is 9.84 Å². The van der Waals surface area contributed by atoms with E-state index in [1.54, 1.807) is 0 Å². The van der Waals surface area contributed by atoms with Crippen LogP contribution in [0, 0.1) is 5.82 Å². The van der Waals surface area contributed by atoms with Gasteiger partial charge in [-0.25, -0.2) is 12.8 Å². The number of halogens is 2. The molecule has 0 aliphatic rings. The van der Waals surface area contributed by atoms with E-state index in [-0.39, 0.29) is 14.8 Å². The fraction of sp³-hybridized carbons (Fsp3) is 0. The van der Waals surface area contributed by atoms with E-state index < -0.39 is 15.7 Å². The molecule has 17 heavy (non-hydrogen) atoms. The fourth-order valence-electron chi connectivity index (χ4n) is 1.29. The Hall–Kier alpha value is -1.46. The van der Waals surface area contributed by atoms with Crippen LogP contribution in [0.4, 0.5) is 4.39 Å². The molecule has 6 heteroatoms. The van der Waals surface area contributed by atoms with Crippen LogP contribution < -0.4 is 0 Å². The molecule has 0 saturated heterocycles. The molecular weight excluding hydrogens is 265 g/mol. The maximum atomic E-state index is 12.7. The Labute approximate surface area is 103 Å². The van der Waals surface area contributed by atoms with Gasteiger partial charge in [-0.2, -0.15) is 0 Å². The standard InChI is InChI=1S/C11H7ClFNO2S/c12-8-5-11(7-14-6-8)17(15,16)10-3-1-9(13)2-4-10/h1-7H. The van der Waals surface area contributed by atoms with E-state index in [0.717, 1.165) is 12.1 Å². The van der Waals surface area contributed by atoms with Crippen molar-refractivity contribution in [3.8, 4) is 0 Å². The topological polar surface area (TPSA) is 47.0 Å². The summed E-state index contributed by atoms with van der Waals surface area (Å²) in [4.78, 5) is 3.69. The second kappa shape index (κ2) is 4.43. The molecule has 0 fully saturated rings. The van der Waals surface area contributed by atoms with Crippen LogP contribution in [0.25, 0.3) is 0 Å². The molecule has 0 saturated carbocycles. The molecule has 2 aromatic rings. The molecule has 1 heterocycles. The first-order valence-corrected chi connectivity index (χ1v) is 6.47. The maximum absolute atomic E-state index is 12.7. The molecule has 2 rings (SSSR count). The summed E-state index contributed by atoms with van der Waals surface area (Å²) >= 11 is 5.68. The molecule has 0 bridgehead atoms. The third-order valence-corrected chi connectivity index (χ3v) is 4.06. The maximum Gasteiger partial charge on any atom is 0.208 e. The van der Waals surface area contributed by atoms with Crippen molar-refractivity contribution in [2.24, 2.45) is 0 Å². The number of nitrogens with zero attached hydrogens (tertiary/aromatic N) is 1. The van der Waals surface area contributed by atoms with Crippen molar-refractivity contribution < 1.29 is 12.8 Å². The summed E-state index contributed by atoms with van der Waals surface area (Å²) in [5.74, 6) is -0.492. The van der Waals surface area contributed by atoms with E-state index in [1.807, 2.05) is 0 Å². The second-order valence-corrected chi connectivity index (χ2v) is 5.68. The second-order valence-electron chi connectivity index (χ2n) is 3.30. The summed E-state index contributed by atoms with van der Waals surface area (Å²) in [5, 5.41) is 0.230. The summed E-state index contributed by atoms with van der Waals surface area (Å²) in [6.07, 6.45) is 2.54. The number of hydrogen-bond acceptors (Lipinski definition) is 3. The Bertz CT molecular complexity index is 641. The molecule has 88 valence electrons. The van der Waals surface area contributed by atoms with Crippen LogP contribution in [-0.2, 0) is 9.84 Å². The smallest absolute Gasteiger partial charge is 0.208 e. The van der Waals surface area contributed by atoms with E-state index in [0.29, 0.717) is 0 Å². The lowest BCUT2D eigenvalue weighted by Gasteiger charge is -2.04. The van der Waals surface area contributed by atoms with Crippen molar-refractivity contribution in [2.75, 3.05) is 0 Å². The minimum Gasteiger partial charge on any atom is -0.262 e. The van der Waals surface area contributed by atoms with E-state index in [9.17, 15) is 12.8 Å². The van der Waals surface area contributed by atoms with Crippen molar-refractivity contribution in [3.63, 3.8) is 0 Å². The Kier molecular flexibility index (Phi) is 3.13. The predicted molar refractivity (Wildman–Crippen MR) is 61.1 cm³/mol. The van der Waals surface area contributed by atoms with Crippen LogP contribution >= 0.6 is 11.6 Å². The Balaban J connectivity index is 2.54. The zero-order valence-electron chi connectivity index (χ0n) is 8.47. The van der Waals surface area contributed by atoms with Gasteiger partial charge >= 0.3 is 0 Å². The zero-order valence-corrected chi connectivity index (χ0v) is 10.0. The Morgan fingerprint density at radius 2 is 1.71 bits per heavy atom. The van der Waals surface area contributed by atoms with Gasteiger partial charge in [-0.15, -0.1) is 0 Å². The summed E-state index contributed by atoms with van der Waals surface area (Å²) < 4.78 is 36.9. The van der Waals surface area contributed by atoms with Crippen LogP contribution in [0.5, 0.6) is 0 Å². The van der Waals surface area contributed by atoms with E-state index in [1.165, 1.54) is 30.6 Å². The van der Waals surface area contributed by atoms with Gasteiger partial charge in [-0.3, -0.25) is 4.98 Å². The molecule has 1 aromatic carbocycles. The van der Waals surface area contributed by atoms with Gasteiger partial charge in [0.05, 0.1) is 14.8 Å². The summed E-state index contributed by atoms with van der Waals surface area (Å²) in [6, 6.07) is 5.88. The number of benzene rings is 1. The Morgan fingerprint density at radius 3 is 2.29 bits per heavy atom. The lowest BCUT2D eigenvalue weighted by molar-refractivity contribution is 0.594. The highest BCUT2D eigenvalue weighted by Gasteiger charge is 2.18. The molecule has 0 spiro atoms. The average molecular weight is 272 g/mol. The van der Waals surface area contributed by atoms with Crippen molar-refractivity contribution in [3.05, 3.63) is 53.6 Å². The predicted octanol–water partition coefficient (Wildman–Crippen LogP) is 2.71. The van der Waals surface area contributed by atoms with Crippen LogP contribution in [0.3, 0.4) is 0 Å². The summed E-state index contributed by atoms with van der Waals surface area (Å²) in [5.41, 5.74) is 0. The van der Waals surface area contributed by atoms with E-state index in [2.05, 4.69) is 4.98 Å². The average Bonchev–Trinajstić information content (AvgIpc) is 2.29. The van der Waals surface area contributed by atoms with Crippen LogP contribution in [0.2, 0.25) is 5.02 Å². The first kappa shape index (κ1) is 12.0.